The normalized spacial score (nSPS) is 10.4. The molecule has 6 nitrogen and oxygen atoms in total. The van der Waals surface area contributed by atoms with E-state index in [0.29, 0.717) is 16.9 Å². The molecule has 1 amide bonds. The lowest BCUT2D eigenvalue weighted by Gasteiger charge is -2.10. The third-order valence-corrected chi connectivity index (χ3v) is 3.54. The highest BCUT2D eigenvalue weighted by atomic mass is 16.5. The van der Waals surface area contributed by atoms with Crippen molar-refractivity contribution in [1.82, 2.24) is 9.97 Å². The van der Waals surface area contributed by atoms with Gasteiger partial charge in [-0.25, -0.2) is 14.8 Å². The van der Waals surface area contributed by atoms with E-state index >= 15 is 0 Å². The Balaban J connectivity index is 1.96. The molecular weight excluding hydrogens is 306 g/mol. The summed E-state index contributed by atoms with van der Waals surface area (Å²) >= 11 is 0. The van der Waals surface area contributed by atoms with Crippen LogP contribution in [0.2, 0.25) is 0 Å². The number of fused-ring (bicyclic) bond motifs is 1. The number of ether oxygens (including phenoxy) is 1. The predicted octanol–water partition coefficient (Wildman–Crippen LogP) is 2.98. The SMILES string of the molecule is COC(=O)c1ccccc1NC(=O)c1nc2ccccc2nc1C. The molecule has 1 N–H and O–H groups in total. The van der Waals surface area contributed by atoms with Crippen LogP contribution in [0, 0.1) is 6.92 Å². The molecule has 120 valence electrons. The monoisotopic (exact) mass is 321 g/mol. The van der Waals surface area contributed by atoms with E-state index in [9.17, 15) is 9.59 Å². The van der Waals surface area contributed by atoms with E-state index < -0.39 is 11.9 Å². The van der Waals surface area contributed by atoms with Gasteiger partial charge >= 0.3 is 5.97 Å². The standard InChI is InChI=1S/C18H15N3O3/c1-11-16(20-15-10-6-5-9-14(15)19-11)17(22)21-13-8-4-3-7-12(13)18(23)24-2/h3-10H,1-2H3,(H,21,22). The summed E-state index contributed by atoms with van der Waals surface area (Å²) in [5.74, 6) is -0.950. The second kappa shape index (κ2) is 6.45. The average molecular weight is 321 g/mol. The van der Waals surface area contributed by atoms with Crippen molar-refractivity contribution < 1.29 is 14.3 Å². The van der Waals surface area contributed by atoms with Crippen molar-refractivity contribution in [2.75, 3.05) is 12.4 Å². The molecule has 0 spiro atoms. The highest BCUT2D eigenvalue weighted by molar-refractivity contribution is 6.08. The predicted molar refractivity (Wildman–Crippen MR) is 90.0 cm³/mol. The van der Waals surface area contributed by atoms with Crippen molar-refractivity contribution in [2.45, 2.75) is 6.92 Å². The number of hydrogen-bond donors (Lipinski definition) is 1. The maximum Gasteiger partial charge on any atom is 0.339 e. The third-order valence-electron chi connectivity index (χ3n) is 3.54. The molecule has 2 aromatic carbocycles. The van der Waals surface area contributed by atoms with E-state index in [-0.39, 0.29) is 11.3 Å². The van der Waals surface area contributed by atoms with Crippen LogP contribution >= 0.6 is 0 Å². The highest BCUT2D eigenvalue weighted by Gasteiger charge is 2.17. The number of carbonyl (C=O) groups excluding carboxylic acids is 2. The molecule has 0 atom stereocenters. The van der Waals surface area contributed by atoms with Gasteiger partial charge in [0, 0.05) is 0 Å². The number of anilines is 1. The lowest BCUT2D eigenvalue weighted by atomic mass is 10.1. The minimum Gasteiger partial charge on any atom is -0.465 e. The Labute approximate surface area is 138 Å². The van der Waals surface area contributed by atoms with Gasteiger partial charge in [0.2, 0.25) is 0 Å². The maximum atomic E-state index is 12.6. The number of rotatable bonds is 3. The second-order valence-electron chi connectivity index (χ2n) is 5.14. The van der Waals surface area contributed by atoms with Gasteiger partial charge in [0.05, 0.1) is 35.1 Å². The number of hydrogen-bond acceptors (Lipinski definition) is 5. The van der Waals surface area contributed by atoms with Gasteiger partial charge in [-0.2, -0.15) is 0 Å². The molecule has 0 unspecified atom stereocenters. The van der Waals surface area contributed by atoms with Crippen molar-refractivity contribution in [1.29, 1.82) is 0 Å². The number of para-hydroxylation sites is 3. The van der Waals surface area contributed by atoms with Crippen LogP contribution in [0.1, 0.15) is 26.5 Å². The van der Waals surface area contributed by atoms with Crippen LogP contribution in [0.15, 0.2) is 48.5 Å². The first kappa shape index (κ1) is 15.6. The van der Waals surface area contributed by atoms with Crippen molar-refractivity contribution >= 4 is 28.6 Å². The summed E-state index contributed by atoms with van der Waals surface area (Å²) in [6, 6.07) is 14.0. The summed E-state index contributed by atoms with van der Waals surface area (Å²) in [5, 5.41) is 2.71. The van der Waals surface area contributed by atoms with Gasteiger partial charge in [0.1, 0.15) is 5.69 Å². The summed E-state index contributed by atoms with van der Waals surface area (Å²) in [6.07, 6.45) is 0. The maximum absolute atomic E-state index is 12.6. The number of amides is 1. The van der Waals surface area contributed by atoms with Crippen molar-refractivity contribution in [2.24, 2.45) is 0 Å². The van der Waals surface area contributed by atoms with Gasteiger partial charge in [-0.3, -0.25) is 4.79 Å². The van der Waals surface area contributed by atoms with Gasteiger partial charge in [-0.05, 0) is 31.2 Å². The largest absolute Gasteiger partial charge is 0.465 e. The van der Waals surface area contributed by atoms with Crippen molar-refractivity contribution in [3.63, 3.8) is 0 Å². The first-order chi connectivity index (χ1) is 11.6. The number of nitrogens with zero attached hydrogens (tertiary/aromatic N) is 2. The van der Waals surface area contributed by atoms with E-state index in [1.165, 1.54) is 7.11 Å². The number of esters is 1. The Morgan fingerprint density at radius 1 is 0.958 bits per heavy atom. The zero-order valence-electron chi connectivity index (χ0n) is 13.2. The van der Waals surface area contributed by atoms with Gasteiger partial charge in [0.15, 0.2) is 0 Å². The first-order valence-electron chi connectivity index (χ1n) is 7.32. The molecule has 0 aliphatic carbocycles. The quantitative estimate of drug-likeness (QED) is 0.750. The summed E-state index contributed by atoms with van der Waals surface area (Å²) < 4.78 is 4.73. The van der Waals surface area contributed by atoms with Crippen LogP contribution < -0.4 is 5.32 Å². The molecule has 24 heavy (non-hydrogen) atoms. The van der Waals surface area contributed by atoms with Crippen LogP contribution in [0.3, 0.4) is 0 Å². The lowest BCUT2D eigenvalue weighted by Crippen LogP contribution is -2.18. The number of nitrogens with one attached hydrogen (secondary N) is 1. The summed E-state index contributed by atoms with van der Waals surface area (Å²) in [4.78, 5) is 33.1. The molecule has 1 heterocycles. The Kier molecular flexibility index (Phi) is 4.20. The topological polar surface area (TPSA) is 81.2 Å². The molecule has 3 rings (SSSR count). The molecule has 0 fully saturated rings. The molecule has 0 radical (unpaired) electrons. The summed E-state index contributed by atoms with van der Waals surface area (Å²) in [7, 11) is 1.29. The second-order valence-corrected chi connectivity index (χ2v) is 5.14. The highest BCUT2D eigenvalue weighted by Crippen LogP contribution is 2.18. The van der Waals surface area contributed by atoms with Crippen LogP contribution in [0.4, 0.5) is 5.69 Å². The van der Waals surface area contributed by atoms with Crippen LogP contribution in [0.5, 0.6) is 0 Å². The van der Waals surface area contributed by atoms with Gasteiger partial charge < -0.3 is 10.1 Å². The first-order valence-corrected chi connectivity index (χ1v) is 7.32. The number of benzene rings is 2. The number of methoxy groups -OCH3 is 1. The molecule has 1 aromatic heterocycles. The summed E-state index contributed by atoms with van der Waals surface area (Å²) in [5.41, 5.74) is 2.73. The fraction of sp³-hybridized carbons (Fsp3) is 0.111. The zero-order chi connectivity index (χ0) is 17.1. The van der Waals surface area contributed by atoms with Crippen LogP contribution in [-0.2, 0) is 4.74 Å². The molecule has 0 bridgehead atoms. The molecule has 0 aliphatic heterocycles. The van der Waals surface area contributed by atoms with Crippen LogP contribution in [-0.4, -0.2) is 29.0 Å². The Morgan fingerprint density at radius 2 is 1.58 bits per heavy atom. The molecule has 0 saturated heterocycles. The fourth-order valence-corrected chi connectivity index (χ4v) is 2.36. The molecule has 0 aliphatic rings. The van der Waals surface area contributed by atoms with Gasteiger partial charge in [-0.1, -0.05) is 24.3 Å². The van der Waals surface area contributed by atoms with Crippen molar-refractivity contribution in [3.8, 4) is 0 Å². The van der Waals surface area contributed by atoms with Gasteiger partial charge in [0.25, 0.3) is 5.91 Å². The van der Waals surface area contributed by atoms with E-state index in [1.807, 2.05) is 18.2 Å². The Hall–Kier alpha value is -3.28. The molecule has 0 saturated carbocycles. The van der Waals surface area contributed by atoms with E-state index in [4.69, 9.17) is 4.74 Å². The summed E-state index contributed by atoms with van der Waals surface area (Å²) in [6.45, 7) is 1.72. The minimum absolute atomic E-state index is 0.216. The smallest absolute Gasteiger partial charge is 0.339 e. The van der Waals surface area contributed by atoms with E-state index in [0.717, 1.165) is 5.52 Å². The Bertz CT molecular complexity index is 938. The van der Waals surface area contributed by atoms with E-state index in [2.05, 4.69) is 15.3 Å². The average Bonchev–Trinajstić information content (AvgIpc) is 2.60. The number of carbonyl (C=O) groups is 2. The fourth-order valence-electron chi connectivity index (χ4n) is 2.36. The van der Waals surface area contributed by atoms with Crippen molar-refractivity contribution in [3.05, 3.63) is 65.5 Å². The Morgan fingerprint density at radius 3 is 2.29 bits per heavy atom. The van der Waals surface area contributed by atoms with Gasteiger partial charge in [-0.15, -0.1) is 0 Å². The third kappa shape index (κ3) is 2.94. The van der Waals surface area contributed by atoms with E-state index in [1.54, 1.807) is 37.3 Å². The number of aromatic nitrogens is 2. The number of aryl methyl sites for hydroxylation is 1. The molecular formula is C18H15N3O3. The minimum atomic E-state index is -0.521. The molecule has 6 heteroatoms. The molecule has 3 aromatic rings. The zero-order valence-corrected chi connectivity index (χ0v) is 13.2. The van der Waals surface area contributed by atoms with Crippen LogP contribution in [0.25, 0.3) is 11.0 Å². The lowest BCUT2D eigenvalue weighted by molar-refractivity contribution is 0.0602.